The number of nitrogens with one attached hydrogen (secondary N) is 2. The second-order valence-corrected chi connectivity index (χ2v) is 5.86. The molecule has 5 nitrogen and oxygen atoms in total. The largest absolute Gasteiger partial charge is 0.348 e. The van der Waals surface area contributed by atoms with Crippen LogP contribution in [0.15, 0.2) is 35.1 Å². The number of hydrogen-bond acceptors (Lipinski definition) is 4. The van der Waals surface area contributed by atoms with E-state index in [0.29, 0.717) is 11.5 Å². The van der Waals surface area contributed by atoms with Gasteiger partial charge in [0.25, 0.3) is 5.91 Å². The number of benzene rings is 1. The van der Waals surface area contributed by atoms with Crippen LogP contribution < -0.4 is 10.6 Å². The Bertz CT molecular complexity index is 641. The van der Waals surface area contributed by atoms with Gasteiger partial charge in [0.05, 0.1) is 12.4 Å². The molecule has 0 unspecified atom stereocenters. The molecule has 6 heteroatoms. The number of nitrogens with zero attached hydrogens (tertiary/aromatic N) is 2. The summed E-state index contributed by atoms with van der Waals surface area (Å²) in [4.78, 5) is 20.1. The fraction of sp³-hybridized carbons (Fsp3) is 0.267. The zero-order valence-electron chi connectivity index (χ0n) is 12.1. The molecule has 0 saturated carbocycles. The molecule has 21 heavy (non-hydrogen) atoms. The molecule has 2 rings (SSSR count). The van der Waals surface area contributed by atoms with E-state index in [1.165, 1.54) is 6.20 Å². The number of amides is 1. The predicted octanol–water partition coefficient (Wildman–Crippen LogP) is 3.43. The number of halogens is 1. The number of carbonyl (C=O) groups excluding carboxylic acids is 1. The topological polar surface area (TPSA) is 66.9 Å². The van der Waals surface area contributed by atoms with E-state index < -0.39 is 0 Å². The highest BCUT2D eigenvalue weighted by Crippen LogP contribution is 2.22. The Kier molecular flexibility index (Phi) is 4.90. The zero-order valence-corrected chi connectivity index (χ0v) is 13.7. The molecule has 1 amide bonds. The third-order valence-electron chi connectivity index (χ3n) is 2.75. The van der Waals surface area contributed by atoms with Gasteiger partial charge in [0.2, 0.25) is 0 Å². The average molecular weight is 349 g/mol. The number of aromatic nitrogens is 2. The van der Waals surface area contributed by atoms with Crippen molar-refractivity contribution in [1.29, 1.82) is 0 Å². The molecule has 0 spiro atoms. The van der Waals surface area contributed by atoms with Gasteiger partial charge in [-0.15, -0.1) is 0 Å². The van der Waals surface area contributed by atoms with Crippen LogP contribution >= 0.6 is 15.9 Å². The molecule has 1 aromatic carbocycles. The maximum absolute atomic E-state index is 11.8. The highest BCUT2D eigenvalue weighted by Gasteiger charge is 2.09. The van der Waals surface area contributed by atoms with Crippen LogP contribution in [0, 0.1) is 6.92 Å². The lowest BCUT2D eigenvalue weighted by atomic mass is 10.2. The van der Waals surface area contributed by atoms with Gasteiger partial charge in [-0.05, 0) is 38.5 Å². The second kappa shape index (κ2) is 6.67. The standard InChI is InChI=1S/C15H17BrN4O/c1-9(2)19-15(21)13-7-18-14(8-17-13)20-11-5-4-10(3)12(16)6-11/h4-9H,1-3H3,(H,18,20)(H,19,21). The molecule has 0 fully saturated rings. The van der Waals surface area contributed by atoms with Crippen LogP contribution in [-0.2, 0) is 0 Å². The number of carbonyl (C=O) groups is 1. The van der Waals surface area contributed by atoms with Crippen molar-refractivity contribution < 1.29 is 4.79 Å². The summed E-state index contributed by atoms with van der Waals surface area (Å²) in [7, 11) is 0. The van der Waals surface area contributed by atoms with Crippen LogP contribution in [0.3, 0.4) is 0 Å². The Hall–Kier alpha value is -1.95. The Morgan fingerprint density at radius 1 is 1.24 bits per heavy atom. The average Bonchev–Trinajstić information content (AvgIpc) is 2.43. The van der Waals surface area contributed by atoms with Gasteiger partial charge in [-0.3, -0.25) is 4.79 Å². The van der Waals surface area contributed by atoms with Crippen molar-refractivity contribution in [3.63, 3.8) is 0 Å². The minimum Gasteiger partial charge on any atom is -0.348 e. The lowest BCUT2D eigenvalue weighted by Gasteiger charge is -2.09. The fourth-order valence-electron chi connectivity index (χ4n) is 1.66. The van der Waals surface area contributed by atoms with Crippen LogP contribution in [0.2, 0.25) is 0 Å². The lowest BCUT2D eigenvalue weighted by molar-refractivity contribution is 0.0937. The Morgan fingerprint density at radius 2 is 2.00 bits per heavy atom. The van der Waals surface area contributed by atoms with Gasteiger partial charge >= 0.3 is 0 Å². The maximum atomic E-state index is 11.8. The molecule has 0 radical (unpaired) electrons. The Balaban J connectivity index is 2.08. The molecule has 0 atom stereocenters. The van der Waals surface area contributed by atoms with E-state index in [2.05, 4.69) is 36.5 Å². The van der Waals surface area contributed by atoms with E-state index in [-0.39, 0.29) is 11.9 Å². The van der Waals surface area contributed by atoms with Crippen molar-refractivity contribution in [2.24, 2.45) is 0 Å². The fourth-order valence-corrected chi connectivity index (χ4v) is 2.04. The SMILES string of the molecule is Cc1ccc(Nc2cnc(C(=O)NC(C)C)cn2)cc1Br. The molecule has 2 N–H and O–H groups in total. The third kappa shape index (κ3) is 4.26. The van der Waals surface area contributed by atoms with Crippen LogP contribution in [0.25, 0.3) is 0 Å². The predicted molar refractivity (Wildman–Crippen MR) is 86.8 cm³/mol. The van der Waals surface area contributed by atoms with Crippen LogP contribution in [0.5, 0.6) is 0 Å². The van der Waals surface area contributed by atoms with E-state index in [1.54, 1.807) is 6.20 Å². The van der Waals surface area contributed by atoms with E-state index >= 15 is 0 Å². The first kappa shape index (κ1) is 15.4. The number of rotatable bonds is 4. The number of hydrogen-bond donors (Lipinski definition) is 2. The first-order valence-corrected chi connectivity index (χ1v) is 7.41. The molecule has 0 aliphatic heterocycles. The van der Waals surface area contributed by atoms with Crippen molar-refractivity contribution in [1.82, 2.24) is 15.3 Å². The van der Waals surface area contributed by atoms with E-state index in [9.17, 15) is 4.79 Å². The summed E-state index contributed by atoms with van der Waals surface area (Å²) in [5, 5.41) is 5.92. The minimum absolute atomic E-state index is 0.0713. The summed E-state index contributed by atoms with van der Waals surface area (Å²) in [6.07, 6.45) is 3.01. The monoisotopic (exact) mass is 348 g/mol. The summed E-state index contributed by atoms with van der Waals surface area (Å²) in [6, 6.07) is 6.00. The Morgan fingerprint density at radius 3 is 2.57 bits per heavy atom. The third-order valence-corrected chi connectivity index (χ3v) is 3.60. The zero-order chi connectivity index (χ0) is 15.4. The van der Waals surface area contributed by atoms with Gasteiger partial charge in [0.1, 0.15) is 11.5 Å². The van der Waals surface area contributed by atoms with Crippen LogP contribution in [-0.4, -0.2) is 21.9 Å². The second-order valence-electron chi connectivity index (χ2n) is 5.00. The molecule has 0 aliphatic carbocycles. The molecule has 110 valence electrons. The normalized spacial score (nSPS) is 10.5. The number of anilines is 2. The molecule has 0 bridgehead atoms. The lowest BCUT2D eigenvalue weighted by Crippen LogP contribution is -2.30. The highest BCUT2D eigenvalue weighted by molar-refractivity contribution is 9.10. The number of aryl methyl sites for hydroxylation is 1. The molecular weight excluding hydrogens is 332 g/mol. The van der Waals surface area contributed by atoms with Crippen LogP contribution in [0.1, 0.15) is 29.9 Å². The summed E-state index contributed by atoms with van der Waals surface area (Å²) < 4.78 is 1.02. The van der Waals surface area contributed by atoms with Gasteiger partial charge in [-0.25, -0.2) is 9.97 Å². The maximum Gasteiger partial charge on any atom is 0.271 e. The molecule has 1 aromatic heterocycles. The molecule has 0 saturated heterocycles. The highest BCUT2D eigenvalue weighted by atomic mass is 79.9. The summed E-state index contributed by atoms with van der Waals surface area (Å²) in [5.41, 5.74) is 2.37. The first-order valence-electron chi connectivity index (χ1n) is 6.62. The van der Waals surface area contributed by atoms with Crippen molar-refractivity contribution in [2.45, 2.75) is 26.8 Å². The first-order chi connectivity index (χ1) is 9.95. The van der Waals surface area contributed by atoms with Crippen molar-refractivity contribution >= 4 is 33.3 Å². The van der Waals surface area contributed by atoms with Crippen LogP contribution in [0.4, 0.5) is 11.5 Å². The molecule has 2 aromatic rings. The van der Waals surface area contributed by atoms with Gasteiger partial charge in [-0.1, -0.05) is 22.0 Å². The molecule has 0 aliphatic rings. The minimum atomic E-state index is -0.220. The van der Waals surface area contributed by atoms with Crippen molar-refractivity contribution in [3.05, 3.63) is 46.3 Å². The van der Waals surface area contributed by atoms with E-state index in [0.717, 1.165) is 15.7 Å². The van der Waals surface area contributed by atoms with Crippen molar-refractivity contribution in [3.8, 4) is 0 Å². The van der Waals surface area contributed by atoms with Crippen molar-refractivity contribution in [2.75, 3.05) is 5.32 Å². The van der Waals surface area contributed by atoms with E-state index in [4.69, 9.17) is 0 Å². The van der Waals surface area contributed by atoms with Gasteiger partial charge in [0.15, 0.2) is 0 Å². The van der Waals surface area contributed by atoms with E-state index in [1.807, 2.05) is 39.0 Å². The summed E-state index contributed by atoms with van der Waals surface area (Å²) in [5.74, 6) is 0.369. The molecular formula is C15H17BrN4O. The summed E-state index contributed by atoms with van der Waals surface area (Å²) >= 11 is 3.48. The Labute approximate surface area is 132 Å². The molecule has 1 heterocycles. The summed E-state index contributed by atoms with van der Waals surface area (Å²) in [6.45, 7) is 5.82. The van der Waals surface area contributed by atoms with Gasteiger partial charge < -0.3 is 10.6 Å². The smallest absolute Gasteiger partial charge is 0.271 e. The van der Waals surface area contributed by atoms with Gasteiger partial charge in [-0.2, -0.15) is 0 Å². The van der Waals surface area contributed by atoms with Gasteiger partial charge in [0, 0.05) is 16.2 Å². The quantitative estimate of drug-likeness (QED) is 0.888.